The van der Waals surface area contributed by atoms with Crippen LogP contribution in [0.1, 0.15) is 102 Å². The summed E-state index contributed by atoms with van der Waals surface area (Å²) in [6.45, 7) is 22.9. The molecule has 3 heterocycles. The van der Waals surface area contributed by atoms with Gasteiger partial charge in [0.15, 0.2) is 0 Å². The Kier molecular flexibility index (Phi) is 13.3. The number of nitrogens with zero attached hydrogens (tertiary/aromatic N) is 4. The van der Waals surface area contributed by atoms with E-state index in [4.69, 9.17) is 4.98 Å². The van der Waals surface area contributed by atoms with Gasteiger partial charge in [-0.3, -0.25) is 0 Å². The predicted octanol–water partition coefficient (Wildman–Crippen LogP) is 13.4. The fourth-order valence-corrected chi connectivity index (χ4v) is 14.8. The monoisotopic (exact) mass is 1100 g/mol. The van der Waals surface area contributed by atoms with Crippen LogP contribution in [0.3, 0.4) is 0 Å². The molecule has 2 aromatic heterocycles. The van der Waals surface area contributed by atoms with Crippen molar-refractivity contribution >= 4 is 62.0 Å². The molecular weight excluding hydrogens is 1040 g/mol. The first-order valence-corrected chi connectivity index (χ1v) is 26.3. The third-order valence-electron chi connectivity index (χ3n) is 13.9. The van der Waals surface area contributed by atoms with E-state index in [2.05, 4.69) is 272 Å². The van der Waals surface area contributed by atoms with Gasteiger partial charge in [0.2, 0.25) is 0 Å². The molecule has 4 nitrogen and oxygen atoms in total. The largest absolute Gasteiger partial charge is 0.500 e. The number of para-hydroxylation sites is 1. The van der Waals surface area contributed by atoms with Crippen molar-refractivity contribution < 1.29 is 21.1 Å². The quantitative estimate of drug-likeness (QED) is 0.0733. The zero-order chi connectivity index (χ0) is 47.3. The molecule has 10 rings (SSSR count). The van der Waals surface area contributed by atoms with Crippen LogP contribution in [0.4, 0.5) is 11.4 Å². The molecule has 0 unspecified atom stereocenters. The molecule has 0 saturated carbocycles. The van der Waals surface area contributed by atoms with E-state index in [1.165, 1.54) is 49.1 Å². The van der Waals surface area contributed by atoms with Gasteiger partial charge in [-0.25, -0.2) is 4.98 Å². The summed E-state index contributed by atoms with van der Waals surface area (Å²) in [4.78, 5) is 9.47. The maximum Gasteiger partial charge on any atom is 0.135 e. The Morgan fingerprint density at radius 1 is 0.565 bits per heavy atom. The number of fused-ring (bicyclic) bond motifs is 3. The van der Waals surface area contributed by atoms with Crippen LogP contribution < -0.4 is 30.5 Å². The summed E-state index contributed by atoms with van der Waals surface area (Å²) in [6.07, 6.45) is 6.27. The van der Waals surface area contributed by atoms with Crippen molar-refractivity contribution in [1.29, 1.82) is 0 Å². The van der Waals surface area contributed by atoms with Gasteiger partial charge in [0.1, 0.15) is 13.9 Å². The van der Waals surface area contributed by atoms with Crippen molar-refractivity contribution in [2.45, 2.75) is 85.5 Å². The van der Waals surface area contributed by atoms with E-state index in [1.54, 1.807) is 0 Å². The van der Waals surface area contributed by atoms with Gasteiger partial charge in [-0.1, -0.05) is 171 Å². The molecule has 0 atom stereocenters. The first-order chi connectivity index (χ1) is 32.8. The second-order valence-electron chi connectivity index (χ2n) is 20.4. The Hall–Kier alpha value is -6.26. The Morgan fingerprint density at radius 2 is 1.19 bits per heavy atom. The van der Waals surface area contributed by atoms with Gasteiger partial charge in [0.05, 0.1) is 0 Å². The third-order valence-corrected chi connectivity index (χ3v) is 18.5. The predicted molar refractivity (Wildman–Crippen MR) is 291 cm³/mol. The van der Waals surface area contributed by atoms with Crippen LogP contribution >= 0.6 is 0 Å². The smallest absolute Gasteiger partial charge is 0.135 e. The second-order valence-corrected chi connectivity index (χ2v) is 24.1. The van der Waals surface area contributed by atoms with Gasteiger partial charge in [0.25, 0.3) is 0 Å². The molecule has 0 N–H and O–H groups in total. The molecule has 6 heteroatoms. The van der Waals surface area contributed by atoms with E-state index < -0.39 is 8.07 Å². The number of pyridine rings is 1. The van der Waals surface area contributed by atoms with Crippen LogP contribution in [0.25, 0.3) is 38.8 Å². The van der Waals surface area contributed by atoms with Gasteiger partial charge in [-0.05, 0) is 115 Å². The molecule has 1 aliphatic rings. The summed E-state index contributed by atoms with van der Waals surface area (Å²) < 4.78 is 2.32. The minimum absolute atomic E-state index is 0. The van der Waals surface area contributed by atoms with Crippen LogP contribution in [0.15, 0.2) is 182 Å². The molecule has 0 spiro atoms. The zero-order valence-corrected chi connectivity index (χ0v) is 44.5. The van der Waals surface area contributed by atoms with Crippen molar-refractivity contribution in [2.24, 2.45) is 0 Å². The van der Waals surface area contributed by atoms with Crippen molar-refractivity contribution in [3.05, 3.63) is 223 Å². The van der Waals surface area contributed by atoms with E-state index in [1.807, 2.05) is 6.20 Å². The van der Waals surface area contributed by atoms with Crippen molar-refractivity contribution in [2.75, 3.05) is 9.80 Å². The van der Waals surface area contributed by atoms with Gasteiger partial charge in [-0.15, -0.1) is 17.7 Å². The van der Waals surface area contributed by atoms with E-state index in [-0.39, 0.29) is 26.5 Å². The molecule has 0 aliphatic carbocycles. The first-order valence-electron chi connectivity index (χ1n) is 24.3. The second kappa shape index (κ2) is 19.3. The molecule has 9 aromatic rings. The number of benzene rings is 7. The van der Waals surface area contributed by atoms with Crippen molar-refractivity contribution in [3.8, 4) is 16.9 Å². The maximum absolute atomic E-state index is 5.02. The topological polar surface area (TPSA) is 24.3 Å². The Balaban J connectivity index is 0.00000593. The summed E-state index contributed by atoms with van der Waals surface area (Å²) >= 11 is 0. The van der Waals surface area contributed by atoms with E-state index >= 15 is 0 Å². The molecule has 69 heavy (non-hydrogen) atoms. The third kappa shape index (κ3) is 8.74. The number of rotatable bonds is 11. The Labute approximate surface area is 425 Å². The number of aromatic nitrogens is 2. The minimum atomic E-state index is -3.10. The van der Waals surface area contributed by atoms with Crippen molar-refractivity contribution in [3.63, 3.8) is 0 Å². The molecular formula is C63H61N4PtSi-3. The van der Waals surface area contributed by atoms with E-state index in [0.29, 0.717) is 17.8 Å². The summed E-state index contributed by atoms with van der Waals surface area (Å²) in [6, 6.07) is 68.8. The van der Waals surface area contributed by atoms with Gasteiger partial charge in [-0.2, -0.15) is 52.8 Å². The molecule has 0 bridgehead atoms. The van der Waals surface area contributed by atoms with E-state index in [0.717, 1.165) is 44.0 Å². The average Bonchev–Trinajstić information content (AvgIpc) is 3.98. The van der Waals surface area contributed by atoms with Crippen LogP contribution in [-0.4, -0.2) is 17.6 Å². The van der Waals surface area contributed by atoms with Gasteiger partial charge < -0.3 is 14.4 Å². The molecule has 350 valence electrons. The fourth-order valence-electron chi connectivity index (χ4n) is 10.3. The first kappa shape index (κ1) is 47.8. The van der Waals surface area contributed by atoms with Gasteiger partial charge >= 0.3 is 0 Å². The van der Waals surface area contributed by atoms with Crippen LogP contribution in [0.5, 0.6) is 0 Å². The summed E-state index contributed by atoms with van der Waals surface area (Å²) in [5.41, 5.74) is 12.3. The number of hydrogen-bond donors (Lipinski definition) is 0. The molecule has 0 radical (unpaired) electrons. The maximum atomic E-state index is 5.02. The molecule has 7 aromatic carbocycles. The van der Waals surface area contributed by atoms with Crippen molar-refractivity contribution in [1.82, 2.24) is 9.55 Å². The fraction of sp³-hybridized carbons (Fsp3) is 0.206. The number of hydrogen-bond acceptors (Lipinski definition) is 3. The standard InChI is InChI=1S/C63H61N4Si.Pt/c1-43(2)47-37-57(44(3)4)62(58(38-47)45(5)6)46-20-18-21-49(36-46)65-34-35-66(42-65)50-22-19-27-53(40-50)68(51-23-12-10-13-24-51,52-25-14-11-15-26-52)54-30-31-56-55-28-16-17-29-59(55)67(60(56)41-54)61-39-48(32-33-64-61)63(7,8)9;/h10-39,42-45H,1-9H3;/q-3;. The Morgan fingerprint density at radius 3 is 1.84 bits per heavy atom. The number of anilines is 2. The summed E-state index contributed by atoms with van der Waals surface area (Å²) in [5.74, 6) is 2.17. The van der Waals surface area contributed by atoms with E-state index in [9.17, 15) is 0 Å². The van der Waals surface area contributed by atoms with Crippen LogP contribution in [0.2, 0.25) is 0 Å². The zero-order valence-electron chi connectivity index (χ0n) is 41.2. The van der Waals surface area contributed by atoms with Crippen LogP contribution in [-0.2, 0) is 26.5 Å². The summed E-state index contributed by atoms with van der Waals surface area (Å²) in [7, 11) is -3.10. The summed E-state index contributed by atoms with van der Waals surface area (Å²) in [5, 5.41) is 7.21. The molecule has 0 fully saturated rings. The molecule has 0 amide bonds. The Bertz CT molecular complexity index is 3240. The molecule has 0 saturated heterocycles. The van der Waals surface area contributed by atoms with Crippen LogP contribution in [0, 0.1) is 18.8 Å². The SMILES string of the molecule is CC(C)c1cc(C(C)C)c(-c2cccc(N3C=CN(c4[c-]c([Si](c5[c-]c6c(cc5)c5ccccc5n6-c5cc(C(C)(C)C)ccn5)(c5ccccc5)c5ccccc5)ccc4)[CH-]3)c2)c(C(C)C)c1.[Pt]. The van der Waals surface area contributed by atoms with Gasteiger partial charge in [0, 0.05) is 38.5 Å². The normalized spacial score (nSPS) is 13.1. The molecule has 1 aliphatic heterocycles. The minimum Gasteiger partial charge on any atom is -0.500 e. The average molecular weight is 1100 g/mol.